The Morgan fingerprint density at radius 2 is 2.06 bits per heavy atom. The SMILES string of the molecule is NC(=O)c1ccc(Cl)cc1NCCCCC(=O)O. The molecule has 0 atom stereocenters. The first-order valence-electron chi connectivity index (χ1n) is 5.55. The molecule has 1 aromatic rings. The van der Waals surface area contributed by atoms with Crippen molar-refractivity contribution in [2.24, 2.45) is 5.73 Å². The van der Waals surface area contributed by atoms with Gasteiger partial charge in [0.1, 0.15) is 0 Å². The predicted molar refractivity (Wildman–Crippen MR) is 69.9 cm³/mol. The molecular formula is C12H15ClN2O3. The van der Waals surface area contributed by atoms with Crippen LogP contribution in [0.1, 0.15) is 29.6 Å². The summed E-state index contributed by atoms with van der Waals surface area (Å²) in [5, 5.41) is 12.0. The van der Waals surface area contributed by atoms with Gasteiger partial charge >= 0.3 is 5.97 Å². The molecule has 0 aromatic heterocycles. The van der Waals surface area contributed by atoms with E-state index in [9.17, 15) is 9.59 Å². The molecule has 0 saturated heterocycles. The monoisotopic (exact) mass is 270 g/mol. The van der Waals surface area contributed by atoms with Crippen LogP contribution in [0.2, 0.25) is 5.02 Å². The van der Waals surface area contributed by atoms with Crippen molar-refractivity contribution in [3.05, 3.63) is 28.8 Å². The van der Waals surface area contributed by atoms with Crippen LogP contribution < -0.4 is 11.1 Å². The fourth-order valence-electron chi connectivity index (χ4n) is 1.50. The summed E-state index contributed by atoms with van der Waals surface area (Å²) >= 11 is 5.83. The largest absolute Gasteiger partial charge is 0.481 e. The van der Waals surface area contributed by atoms with E-state index in [4.69, 9.17) is 22.4 Å². The summed E-state index contributed by atoms with van der Waals surface area (Å²) in [6, 6.07) is 4.78. The minimum atomic E-state index is -0.810. The molecule has 0 aliphatic heterocycles. The number of hydrogen-bond acceptors (Lipinski definition) is 3. The summed E-state index contributed by atoms with van der Waals surface area (Å²) in [7, 11) is 0. The number of hydrogen-bond donors (Lipinski definition) is 3. The van der Waals surface area contributed by atoms with Crippen molar-refractivity contribution in [3.63, 3.8) is 0 Å². The van der Waals surface area contributed by atoms with Crippen LogP contribution in [0.4, 0.5) is 5.69 Å². The van der Waals surface area contributed by atoms with E-state index in [2.05, 4.69) is 5.32 Å². The molecule has 0 saturated carbocycles. The Balaban J connectivity index is 2.53. The number of amides is 1. The van der Waals surface area contributed by atoms with Crippen molar-refractivity contribution >= 4 is 29.2 Å². The maximum Gasteiger partial charge on any atom is 0.303 e. The number of benzene rings is 1. The Morgan fingerprint density at radius 1 is 1.33 bits per heavy atom. The number of halogens is 1. The van der Waals surface area contributed by atoms with Crippen LogP contribution in [0.3, 0.4) is 0 Å². The van der Waals surface area contributed by atoms with Gasteiger partial charge in [0.25, 0.3) is 5.91 Å². The molecule has 0 aliphatic carbocycles. The van der Waals surface area contributed by atoms with Gasteiger partial charge in [-0.3, -0.25) is 9.59 Å². The van der Waals surface area contributed by atoms with Gasteiger partial charge in [-0.15, -0.1) is 0 Å². The molecule has 1 rings (SSSR count). The number of primary amides is 1. The van der Waals surface area contributed by atoms with E-state index in [1.807, 2.05) is 0 Å². The van der Waals surface area contributed by atoms with E-state index in [0.29, 0.717) is 35.7 Å². The third-order valence-electron chi connectivity index (χ3n) is 2.38. The Hall–Kier alpha value is -1.75. The summed E-state index contributed by atoms with van der Waals surface area (Å²) in [6.45, 7) is 0.563. The highest BCUT2D eigenvalue weighted by Crippen LogP contribution is 2.20. The lowest BCUT2D eigenvalue weighted by Crippen LogP contribution is -2.15. The molecule has 0 heterocycles. The Bertz CT molecular complexity index is 449. The highest BCUT2D eigenvalue weighted by molar-refractivity contribution is 6.31. The van der Waals surface area contributed by atoms with E-state index in [1.165, 1.54) is 0 Å². The number of rotatable bonds is 7. The van der Waals surface area contributed by atoms with Crippen molar-refractivity contribution in [1.29, 1.82) is 0 Å². The lowest BCUT2D eigenvalue weighted by Gasteiger charge is -2.10. The molecular weight excluding hydrogens is 256 g/mol. The minimum absolute atomic E-state index is 0.139. The molecule has 0 unspecified atom stereocenters. The fourth-order valence-corrected chi connectivity index (χ4v) is 1.67. The number of nitrogens with two attached hydrogens (primary N) is 1. The molecule has 6 heteroatoms. The highest BCUT2D eigenvalue weighted by Gasteiger charge is 2.08. The number of nitrogens with one attached hydrogen (secondary N) is 1. The van der Waals surface area contributed by atoms with Gasteiger partial charge in [0.2, 0.25) is 0 Å². The normalized spacial score (nSPS) is 10.1. The zero-order valence-corrected chi connectivity index (χ0v) is 10.5. The third-order valence-corrected chi connectivity index (χ3v) is 2.62. The molecule has 0 radical (unpaired) electrons. The molecule has 0 spiro atoms. The molecule has 18 heavy (non-hydrogen) atoms. The van der Waals surface area contributed by atoms with Crippen molar-refractivity contribution < 1.29 is 14.7 Å². The number of unbranched alkanes of at least 4 members (excludes halogenated alkanes) is 1. The van der Waals surface area contributed by atoms with E-state index < -0.39 is 11.9 Å². The highest BCUT2D eigenvalue weighted by atomic mass is 35.5. The van der Waals surface area contributed by atoms with E-state index in [1.54, 1.807) is 18.2 Å². The fraction of sp³-hybridized carbons (Fsp3) is 0.333. The molecule has 5 nitrogen and oxygen atoms in total. The van der Waals surface area contributed by atoms with E-state index >= 15 is 0 Å². The van der Waals surface area contributed by atoms with Crippen molar-refractivity contribution in [3.8, 4) is 0 Å². The topological polar surface area (TPSA) is 92.4 Å². The first-order chi connectivity index (χ1) is 8.50. The molecule has 1 amide bonds. The molecule has 98 valence electrons. The van der Waals surface area contributed by atoms with Gasteiger partial charge in [-0.1, -0.05) is 11.6 Å². The second-order valence-corrected chi connectivity index (χ2v) is 4.27. The van der Waals surface area contributed by atoms with Crippen LogP contribution in [-0.4, -0.2) is 23.5 Å². The molecule has 0 bridgehead atoms. The summed E-state index contributed by atoms with van der Waals surface area (Å²) in [5.41, 5.74) is 6.18. The van der Waals surface area contributed by atoms with Crippen molar-refractivity contribution in [1.82, 2.24) is 0 Å². The molecule has 4 N–H and O–H groups in total. The number of carboxylic acids is 1. The van der Waals surface area contributed by atoms with Crippen LogP contribution in [0.25, 0.3) is 0 Å². The molecule has 0 fully saturated rings. The lowest BCUT2D eigenvalue weighted by molar-refractivity contribution is -0.137. The van der Waals surface area contributed by atoms with Crippen LogP contribution in [0.15, 0.2) is 18.2 Å². The van der Waals surface area contributed by atoms with Gasteiger partial charge in [-0.05, 0) is 31.0 Å². The van der Waals surface area contributed by atoms with Gasteiger partial charge in [0.05, 0.1) is 5.56 Å². The Kier molecular flexibility index (Phi) is 5.45. The first kappa shape index (κ1) is 14.3. The first-order valence-corrected chi connectivity index (χ1v) is 5.93. The summed E-state index contributed by atoms with van der Waals surface area (Å²) in [4.78, 5) is 21.5. The van der Waals surface area contributed by atoms with Gasteiger partial charge in [-0.25, -0.2) is 0 Å². The zero-order valence-electron chi connectivity index (χ0n) is 9.78. The summed E-state index contributed by atoms with van der Waals surface area (Å²) in [5.74, 6) is -1.34. The zero-order chi connectivity index (χ0) is 13.5. The van der Waals surface area contributed by atoms with E-state index in [-0.39, 0.29) is 6.42 Å². The van der Waals surface area contributed by atoms with Crippen LogP contribution in [0, 0.1) is 0 Å². The van der Waals surface area contributed by atoms with E-state index in [0.717, 1.165) is 0 Å². The molecule has 0 aliphatic rings. The second-order valence-electron chi connectivity index (χ2n) is 3.83. The Labute approximate surface area is 110 Å². The van der Waals surface area contributed by atoms with Crippen molar-refractivity contribution in [2.75, 3.05) is 11.9 Å². The smallest absolute Gasteiger partial charge is 0.303 e. The standard InChI is InChI=1S/C12H15ClN2O3/c13-8-4-5-9(12(14)18)10(7-8)15-6-2-1-3-11(16)17/h4-5,7,15H,1-3,6H2,(H2,14,18)(H,16,17). The van der Waals surface area contributed by atoms with Gasteiger partial charge in [-0.2, -0.15) is 0 Å². The van der Waals surface area contributed by atoms with Crippen LogP contribution in [0.5, 0.6) is 0 Å². The number of carboxylic acid groups (broad SMARTS) is 1. The van der Waals surface area contributed by atoms with Gasteiger partial charge < -0.3 is 16.2 Å². The minimum Gasteiger partial charge on any atom is -0.481 e. The predicted octanol–water partition coefficient (Wildman–Crippen LogP) is 2.11. The summed E-state index contributed by atoms with van der Waals surface area (Å²) < 4.78 is 0. The van der Waals surface area contributed by atoms with Gasteiger partial charge in [0, 0.05) is 23.7 Å². The quantitative estimate of drug-likeness (QED) is 0.662. The van der Waals surface area contributed by atoms with Crippen LogP contribution >= 0.6 is 11.6 Å². The average molecular weight is 271 g/mol. The number of aliphatic carboxylic acids is 1. The van der Waals surface area contributed by atoms with Crippen LogP contribution in [-0.2, 0) is 4.79 Å². The lowest BCUT2D eigenvalue weighted by atomic mass is 10.1. The summed E-state index contributed by atoms with van der Waals surface area (Å²) in [6.07, 6.45) is 1.41. The number of anilines is 1. The molecule has 1 aromatic carbocycles. The maximum atomic E-state index is 11.2. The van der Waals surface area contributed by atoms with Gasteiger partial charge in [0.15, 0.2) is 0 Å². The maximum absolute atomic E-state index is 11.2. The average Bonchev–Trinajstić information content (AvgIpc) is 2.27. The second kappa shape index (κ2) is 6.86. The number of carbonyl (C=O) groups excluding carboxylic acids is 1. The third kappa shape index (κ3) is 4.63. The number of carbonyl (C=O) groups is 2. The van der Waals surface area contributed by atoms with Crippen molar-refractivity contribution in [2.45, 2.75) is 19.3 Å². The Morgan fingerprint density at radius 3 is 2.67 bits per heavy atom.